The second kappa shape index (κ2) is 6.71. The van der Waals surface area contributed by atoms with Gasteiger partial charge < -0.3 is 5.11 Å². The first-order valence-electron chi connectivity index (χ1n) is 7.71. The number of hydrogen-bond donors (Lipinski definition) is 1. The molecule has 1 aliphatic rings. The summed E-state index contributed by atoms with van der Waals surface area (Å²) in [5, 5.41) is 9.74. The van der Waals surface area contributed by atoms with Gasteiger partial charge in [-0.1, -0.05) is 72.8 Å². The number of aliphatic hydroxyl groups is 1. The first-order chi connectivity index (χ1) is 11.2. The minimum atomic E-state index is -0.798. The second-order valence-electron chi connectivity index (χ2n) is 5.79. The van der Waals surface area contributed by atoms with E-state index in [1.807, 2.05) is 12.1 Å². The SMILES string of the molecule is O=C(c1ccccc1)C(C(=O)c1ccccc1)[C@H]1C=C[C@@H](O)C1. The monoisotopic (exact) mass is 306 g/mol. The predicted octanol–water partition coefficient (Wildman–Crippen LogP) is 3.31. The molecule has 0 fully saturated rings. The molecular weight excluding hydrogens is 288 g/mol. The molecule has 0 aromatic heterocycles. The smallest absolute Gasteiger partial charge is 0.174 e. The Balaban J connectivity index is 1.96. The molecule has 2 aromatic carbocycles. The first-order valence-corrected chi connectivity index (χ1v) is 7.71. The quantitative estimate of drug-likeness (QED) is 0.524. The van der Waals surface area contributed by atoms with Crippen molar-refractivity contribution in [1.82, 2.24) is 0 Å². The van der Waals surface area contributed by atoms with Crippen molar-refractivity contribution in [2.75, 3.05) is 0 Å². The van der Waals surface area contributed by atoms with Crippen LogP contribution in [0.5, 0.6) is 0 Å². The molecule has 116 valence electrons. The number of aliphatic hydroxyl groups excluding tert-OH is 1. The fourth-order valence-electron chi connectivity index (χ4n) is 3.03. The van der Waals surface area contributed by atoms with Gasteiger partial charge in [0.15, 0.2) is 11.6 Å². The van der Waals surface area contributed by atoms with Crippen molar-refractivity contribution < 1.29 is 14.7 Å². The topological polar surface area (TPSA) is 54.4 Å². The average Bonchev–Trinajstić information content (AvgIpc) is 3.02. The van der Waals surface area contributed by atoms with E-state index in [9.17, 15) is 14.7 Å². The third-order valence-electron chi connectivity index (χ3n) is 4.20. The van der Waals surface area contributed by atoms with E-state index in [1.165, 1.54) is 0 Å². The van der Waals surface area contributed by atoms with Gasteiger partial charge in [-0.25, -0.2) is 0 Å². The fourth-order valence-corrected chi connectivity index (χ4v) is 3.03. The highest BCUT2D eigenvalue weighted by atomic mass is 16.3. The van der Waals surface area contributed by atoms with Crippen LogP contribution in [0.1, 0.15) is 27.1 Å². The van der Waals surface area contributed by atoms with Crippen LogP contribution in [0.2, 0.25) is 0 Å². The second-order valence-corrected chi connectivity index (χ2v) is 5.79. The molecule has 1 N–H and O–H groups in total. The van der Waals surface area contributed by atoms with Crippen LogP contribution in [-0.2, 0) is 0 Å². The summed E-state index contributed by atoms with van der Waals surface area (Å²) >= 11 is 0. The maximum absolute atomic E-state index is 12.9. The van der Waals surface area contributed by atoms with Gasteiger partial charge >= 0.3 is 0 Å². The number of rotatable bonds is 5. The van der Waals surface area contributed by atoms with Crippen molar-refractivity contribution in [3.63, 3.8) is 0 Å². The van der Waals surface area contributed by atoms with Gasteiger partial charge in [0, 0.05) is 11.1 Å². The summed E-state index contributed by atoms with van der Waals surface area (Å²) in [6.07, 6.45) is 3.27. The Kier molecular flexibility index (Phi) is 4.49. The summed E-state index contributed by atoms with van der Waals surface area (Å²) in [6, 6.07) is 17.7. The lowest BCUT2D eigenvalue weighted by Gasteiger charge is -2.21. The van der Waals surface area contributed by atoms with E-state index in [-0.39, 0.29) is 17.5 Å². The molecule has 0 heterocycles. The molecular formula is C20H18O3. The van der Waals surface area contributed by atoms with Gasteiger partial charge in [0.1, 0.15) is 0 Å². The van der Waals surface area contributed by atoms with Crippen molar-refractivity contribution in [1.29, 1.82) is 0 Å². The minimum absolute atomic E-state index is 0.191. The number of ketones is 2. The van der Waals surface area contributed by atoms with Crippen molar-refractivity contribution in [3.05, 3.63) is 83.9 Å². The molecule has 2 aromatic rings. The molecule has 3 nitrogen and oxygen atoms in total. The van der Waals surface area contributed by atoms with Gasteiger partial charge in [0.25, 0.3) is 0 Å². The zero-order chi connectivity index (χ0) is 16.2. The van der Waals surface area contributed by atoms with E-state index < -0.39 is 12.0 Å². The van der Waals surface area contributed by atoms with Gasteiger partial charge in [-0.2, -0.15) is 0 Å². The zero-order valence-corrected chi connectivity index (χ0v) is 12.6. The number of carbonyl (C=O) groups excluding carboxylic acids is 2. The van der Waals surface area contributed by atoms with Gasteiger partial charge in [-0.15, -0.1) is 0 Å². The van der Waals surface area contributed by atoms with Gasteiger partial charge in [-0.3, -0.25) is 9.59 Å². The highest BCUT2D eigenvalue weighted by molar-refractivity contribution is 6.16. The molecule has 0 spiro atoms. The Bertz CT molecular complexity index is 668. The molecule has 0 aliphatic heterocycles. The minimum Gasteiger partial charge on any atom is -0.389 e. The number of carbonyl (C=O) groups is 2. The first kappa shape index (κ1) is 15.4. The van der Waals surface area contributed by atoms with Crippen LogP contribution in [-0.4, -0.2) is 22.8 Å². The summed E-state index contributed by atoms with van der Waals surface area (Å²) < 4.78 is 0. The van der Waals surface area contributed by atoms with Crippen LogP contribution in [0.4, 0.5) is 0 Å². The third-order valence-corrected chi connectivity index (χ3v) is 4.20. The van der Waals surface area contributed by atoms with E-state index in [0.29, 0.717) is 17.5 Å². The lowest BCUT2D eigenvalue weighted by atomic mass is 9.80. The molecule has 2 atom stereocenters. The molecule has 0 saturated carbocycles. The summed E-state index contributed by atoms with van der Waals surface area (Å²) in [7, 11) is 0. The molecule has 3 rings (SSSR count). The number of benzene rings is 2. The Labute approximate surface area is 135 Å². The van der Waals surface area contributed by atoms with Crippen molar-refractivity contribution in [3.8, 4) is 0 Å². The van der Waals surface area contributed by atoms with Crippen LogP contribution in [0.15, 0.2) is 72.8 Å². The van der Waals surface area contributed by atoms with E-state index in [1.54, 1.807) is 60.7 Å². The number of allylic oxidation sites excluding steroid dienone is 1. The van der Waals surface area contributed by atoms with E-state index in [0.717, 1.165) is 0 Å². The molecule has 3 heteroatoms. The Morgan fingerprint density at radius 2 is 1.30 bits per heavy atom. The Morgan fingerprint density at radius 3 is 1.70 bits per heavy atom. The molecule has 0 unspecified atom stereocenters. The summed E-state index contributed by atoms with van der Waals surface area (Å²) in [4.78, 5) is 25.8. The summed E-state index contributed by atoms with van der Waals surface area (Å²) in [6.45, 7) is 0. The largest absolute Gasteiger partial charge is 0.389 e. The molecule has 1 aliphatic carbocycles. The highest BCUT2D eigenvalue weighted by Gasteiger charge is 2.37. The fraction of sp³-hybridized carbons (Fsp3) is 0.200. The van der Waals surface area contributed by atoms with Crippen molar-refractivity contribution >= 4 is 11.6 Å². The molecule has 23 heavy (non-hydrogen) atoms. The van der Waals surface area contributed by atoms with E-state index in [4.69, 9.17) is 0 Å². The molecule has 0 saturated heterocycles. The third kappa shape index (κ3) is 3.30. The molecule has 0 radical (unpaired) electrons. The normalized spacial score (nSPS) is 19.9. The van der Waals surface area contributed by atoms with Gasteiger partial charge in [-0.05, 0) is 12.3 Å². The lowest BCUT2D eigenvalue weighted by molar-refractivity contribution is 0.0756. The van der Waals surface area contributed by atoms with E-state index in [2.05, 4.69) is 0 Å². The summed E-state index contributed by atoms with van der Waals surface area (Å²) in [5.74, 6) is -1.45. The van der Waals surface area contributed by atoms with Gasteiger partial charge in [0.05, 0.1) is 12.0 Å². The van der Waals surface area contributed by atoms with Gasteiger partial charge in [0.2, 0.25) is 0 Å². The van der Waals surface area contributed by atoms with Crippen LogP contribution in [0.25, 0.3) is 0 Å². The Morgan fingerprint density at radius 1 is 0.826 bits per heavy atom. The van der Waals surface area contributed by atoms with Crippen LogP contribution < -0.4 is 0 Å². The van der Waals surface area contributed by atoms with Crippen LogP contribution in [0.3, 0.4) is 0 Å². The lowest BCUT2D eigenvalue weighted by Crippen LogP contribution is -2.31. The van der Waals surface area contributed by atoms with Crippen molar-refractivity contribution in [2.45, 2.75) is 12.5 Å². The van der Waals surface area contributed by atoms with Crippen LogP contribution >= 0.6 is 0 Å². The Hall–Kier alpha value is -2.52. The van der Waals surface area contributed by atoms with Crippen molar-refractivity contribution in [2.24, 2.45) is 11.8 Å². The number of Topliss-reactive ketones (excluding diaryl/α,β-unsaturated/α-hetero) is 2. The maximum Gasteiger partial charge on any atom is 0.174 e. The number of hydrogen-bond acceptors (Lipinski definition) is 3. The summed E-state index contributed by atoms with van der Waals surface area (Å²) in [5.41, 5.74) is 1.05. The molecule has 0 bridgehead atoms. The average molecular weight is 306 g/mol. The zero-order valence-electron chi connectivity index (χ0n) is 12.6. The highest BCUT2D eigenvalue weighted by Crippen LogP contribution is 2.31. The maximum atomic E-state index is 12.9. The predicted molar refractivity (Wildman–Crippen MR) is 88.3 cm³/mol. The van der Waals surface area contributed by atoms with E-state index >= 15 is 0 Å². The van der Waals surface area contributed by atoms with Crippen LogP contribution in [0, 0.1) is 11.8 Å². The molecule has 0 amide bonds. The standard InChI is InChI=1S/C20H18O3/c21-17-12-11-16(13-17)18(19(22)14-7-3-1-4-8-14)20(23)15-9-5-2-6-10-15/h1-12,16-18,21H,13H2/t16-,17+/m0/s1.